The normalized spacial score (nSPS) is 13.8. The largest absolute Gasteiger partial charge is 0.379 e. The Morgan fingerprint density at radius 1 is 1.08 bits per heavy atom. The molecule has 0 aromatic rings. The number of ketones is 1. The first-order chi connectivity index (χ1) is 12.2. The zero-order chi connectivity index (χ0) is 19.9. The lowest BCUT2D eigenvalue weighted by Gasteiger charge is -2.25. The monoisotopic (exact) mass is 376 g/mol. The number of ether oxygens (including phenoxy) is 2. The van der Waals surface area contributed by atoms with Crippen molar-refractivity contribution in [2.75, 3.05) is 26.4 Å². The van der Waals surface area contributed by atoms with Crippen LogP contribution in [0.1, 0.15) is 62.7 Å². The van der Waals surface area contributed by atoms with Crippen LogP contribution in [0.2, 0.25) is 0 Å². The predicted octanol–water partition coefficient (Wildman–Crippen LogP) is 2.31. The van der Waals surface area contributed by atoms with E-state index in [9.17, 15) is 14.4 Å². The quantitative estimate of drug-likeness (QED) is 0.508. The van der Waals surface area contributed by atoms with Crippen LogP contribution in [0, 0.1) is 11.8 Å². The summed E-state index contributed by atoms with van der Waals surface area (Å²) >= 11 is 0. The Kier molecular flexibility index (Phi) is 13.8. The molecule has 1 fully saturated rings. The highest BCUT2D eigenvalue weighted by molar-refractivity contribution is 5.83. The highest BCUT2D eigenvalue weighted by Gasteiger charge is 2.26. The van der Waals surface area contributed by atoms with Gasteiger partial charge in [0.25, 0.3) is 0 Å². The van der Waals surface area contributed by atoms with Gasteiger partial charge in [0.2, 0.25) is 11.8 Å². The van der Waals surface area contributed by atoms with Gasteiger partial charge in [-0.2, -0.15) is 0 Å². The van der Waals surface area contributed by atoms with Crippen molar-refractivity contribution < 1.29 is 26.7 Å². The number of carbonyl (C=O) groups excluding carboxylic acids is 3. The average Bonchev–Trinajstić information content (AvgIpc) is 2.49. The smallest absolute Gasteiger partial charge is 0.222 e. The number of nitrogens with two attached hydrogens (primary N) is 1. The van der Waals surface area contributed by atoms with Gasteiger partial charge >= 0.3 is 0 Å². The molecule has 0 spiro atoms. The van der Waals surface area contributed by atoms with Crippen molar-refractivity contribution in [3.63, 3.8) is 0 Å². The van der Waals surface area contributed by atoms with Crippen LogP contribution in [-0.2, 0) is 23.9 Å². The minimum atomic E-state index is -0.389. The number of hydrogen-bond acceptors (Lipinski definition) is 5. The van der Waals surface area contributed by atoms with Gasteiger partial charge < -0.3 is 20.5 Å². The lowest BCUT2D eigenvalue weighted by molar-refractivity contribution is -0.128. The highest BCUT2D eigenvalue weighted by Crippen LogP contribution is 2.29. The van der Waals surface area contributed by atoms with Crippen molar-refractivity contribution in [3.8, 4) is 0 Å². The first-order valence-corrected chi connectivity index (χ1v) is 9.52. The summed E-state index contributed by atoms with van der Waals surface area (Å²) < 4.78 is 10.3. The lowest BCUT2D eigenvalue weighted by Crippen LogP contribution is -2.28. The van der Waals surface area contributed by atoms with Crippen LogP contribution in [0.25, 0.3) is 0 Å². The van der Waals surface area contributed by atoms with Gasteiger partial charge in [-0.05, 0) is 26.7 Å². The van der Waals surface area contributed by atoms with Crippen molar-refractivity contribution in [1.82, 2.24) is 5.32 Å². The third-order valence-corrected chi connectivity index (χ3v) is 3.92. The molecule has 3 N–H and O–H groups in total. The van der Waals surface area contributed by atoms with E-state index in [0.717, 1.165) is 12.8 Å². The van der Waals surface area contributed by atoms with Gasteiger partial charge in [-0.3, -0.25) is 14.4 Å². The molecule has 7 heteroatoms. The number of rotatable bonds is 12. The second-order valence-electron chi connectivity index (χ2n) is 7.03. The molecule has 7 nitrogen and oxygen atoms in total. The van der Waals surface area contributed by atoms with Crippen LogP contribution in [0.15, 0.2) is 0 Å². The zero-order valence-corrected chi connectivity index (χ0v) is 16.7. The standard InChI is InChI=1S/C11H22N2O4.C8H14O.2H2/c1-9(2)17-7-4-11(15)13-5-8-16-6-3-10(12)14;1-6(2)8(9)7-4-3-5-7;;/h9H,3-8H2,1-2H3,(H2,12,14)(H,13,15);6-7H,3-5H2,1-2H3;2*1H. The van der Waals surface area contributed by atoms with Crippen molar-refractivity contribution in [2.24, 2.45) is 17.6 Å². The van der Waals surface area contributed by atoms with Crippen molar-refractivity contribution >= 4 is 17.6 Å². The SMILES string of the molecule is CC(C)C(=O)C1CCC1.CC(C)OCCC(=O)NCCOCCC(N)=O.[HH].[HH]. The van der Waals surface area contributed by atoms with Gasteiger partial charge in [-0.15, -0.1) is 0 Å². The second-order valence-corrected chi connectivity index (χ2v) is 7.03. The third kappa shape index (κ3) is 13.8. The molecular weight excluding hydrogens is 336 g/mol. The molecule has 0 aromatic carbocycles. The van der Waals surface area contributed by atoms with E-state index in [-0.39, 0.29) is 33.1 Å². The van der Waals surface area contributed by atoms with Gasteiger partial charge in [-0.25, -0.2) is 0 Å². The van der Waals surface area contributed by atoms with E-state index in [4.69, 9.17) is 15.2 Å². The Morgan fingerprint density at radius 2 is 1.73 bits per heavy atom. The Balaban J connectivity index is -0.000000482. The molecule has 1 aliphatic carbocycles. The van der Waals surface area contributed by atoms with Crippen LogP contribution in [0.3, 0.4) is 0 Å². The van der Waals surface area contributed by atoms with Gasteiger partial charge in [0, 0.05) is 34.1 Å². The maximum atomic E-state index is 11.2. The first kappa shape index (κ1) is 24.5. The number of primary amides is 1. The number of carbonyl (C=O) groups is 3. The zero-order valence-electron chi connectivity index (χ0n) is 16.7. The van der Waals surface area contributed by atoms with Crippen molar-refractivity contribution in [3.05, 3.63) is 0 Å². The number of hydrogen-bond donors (Lipinski definition) is 2. The van der Waals surface area contributed by atoms with E-state index in [0.29, 0.717) is 44.5 Å². The van der Waals surface area contributed by atoms with Crippen LogP contribution in [0.4, 0.5) is 0 Å². The summed E-state index contributed by atoms with van der Waals surface area (Å²) in [7, 11) is 0. The second kappa shape index (κ2) is 14.7. The van der Waals surface area contributed by atoms with E-state index >= 15 is 0 Å². The van der Waals surface area contributed by atoms with Gasteiger partial charge in [0.1, 0.15) is 5.78 Å². The van der Waals surface area contributed by atoms with Crippen molar-refractivity contribution in [2.45, 2.75) is 65.9 Å². The lowest BCUT2D eigenvalue weighted by atomic mass is 9.79. The van der Waals surface area contributed by atoms with Gasteiger partial charge in [0.05, 0.1) is 25.9 Å². The van der Waals surface area contributed by atoms with Gasteiger partial charge in [-0.1, -0.05) is 20.3 Å². The molecule has 26 heavy (non-hydrogen) atoms. The Morgan fingerprint density at radius 3 is 2.15 bits per heavy atom. The van der Waals surface area contributed by atoms with E-state index in [1.807, 2.05) is 27.7 Å². The Bertz CT molecular complexity index is 431. The molecule has 1 saturated carbocycles. The Labute approximate surface area is 160 Å². The molecule has 156 valence electrons. The molecule has 0 aromatic heterocycles. The van der Waals surface area contributed by atoms with Gasteiger partial charge in [0.15, 0.2) is 0 Å². The van der Waals surface area contributed by atoms with Crippen molar-refractivity contribution in [1.29, 1.82) is 0 Å². The summed E-state index contributed by atoms with van der Waals surface area (Å²) in [5.41, 5.74) is 4.93. The van der Waals surface area contributed by atoms with E-state index < -0.39 is 0 Å². The topological polar surface area (TPSA) is 108 Å². The summed E-state index contributed by atoms with van der Waals surface area (Å²) in [6, 6.07) is 0. The summed E-state index contributed by atoms with van der Waals surface area (Å²) in [6.07, 6.45) is 4.26. The average molecular weight is 377 g/mol. The van der Waals surface area contributed by atoms with E-state index in [1.165, 1.54) is 6.42 Å². The maximum absolute atomic E-state index is 11.2. The molecule has 0 radical (unpaired) electrons. The van der Waals surface area contributed by atoms with Crippen LogP contribution < -0.4 is 11.1 Å². The fourth-order valence-corrected chi connectivity index (χ4v) is 2.18. The molecule has 0 aliphatic heterocycles. The minimum absolute atomic E-state index is 0. The molecular formula is C19H40N2O5. The van der Waals surface area contributed by atoms with Crippen LogP contribution in [0.5, 0.6) is 0 Å². The predicted molar refractivity (Wildman–Crippen MR) is 105 cm³/mol. The number of nitrogens with one attached hydrogen (secondary N) is 1. The first-order valence-electron chi connectivity index (χ1n) is 9.52. The molecule has 0 unspecified atom stereocenters. The maximum Gasteiger partial charge on any atom is 0.222 e. The highest BCUT2D eigenvalue weighted by atomic mass is 16.5. The molecule has 2 amide bonds. The molecule has 0 heterocycles. The molecule has 1 rings (SSSR count). The molecule has 0 bridgehead atoms. The fourth-order valence-electron chi connectivity index (χ4n) is 2.18. The summed E-state index contributed by atoms with van der Waals surface area (Å²) in [6.45, 7) is 9.34. The molecule has 0 saturated heterocycles. The van der Waals surface area contributed by atoms with Crippen LogP contribution >= 0.6 is 0 Å². The number of amides is 2. The summed E-state index contributed by atoms with van der Waals surface area (Å²) in [5, 5.41) is 2.68. The molecule has 1 aliphatic rings. The Hall–Kier alpha value is -1.47. The molecule has 0 atom stereocenters. The van der Waals surface area contributed by atoms with Crippen LogP contribution in [-0.4, -0.2) is 50.1 Å². The van der Waals surface area contributed by atoms with E-state index in [2.05, 4.69) is 5.32 Å². The summed E-state index contributed by atoms with van der Waals surface area (Å²) in [5.74, 6) is 0.713. The summed E-state index contributed by atoms with van der Waals surface area (Å²) in [4.78, 5) is 32.7. The third-order valence-electron chi connectivity index (χ3n) is 3.92. The number of Topliss-reactive ketones (excluding diaryl/α,β-unsaturated/α-hetero) is 1. The fraction of sp³-hybridized carbons (Fsp3) is 0.842. The minimum Gasteiger partial charge on any atom is -0.379 e. The van der Waals surface area contributed by atoms with E-state index in [1.54, 1.807) is 0 Å².